The van der Waals surface area contributed by atoms with Crippen molar-refractivity contribution in [3.8, 4) is 0 Å². The number of hydrogen-bond acceptors (Lipinski definition) is 3. The average molecular weight is 380 g/mol. The lowest BCUT2D eigenvalue weighted by Gasteiger charge is -2.03. The summed E-state index contributed by atoms with van der Waals surface area (Å²) in [4.78, 5) is 4.71. The van der Waals surface area contributed by atoms with Crippen molar-refractivity contribution in [2.75, 3.05) is 0 Å². The fourth-order valence-corrected chi connectivity index (χ4v) is 5.38. The summed E-state index contributed by atoms with van der Waals surface area (Å²) in [6.45, 7) is 2.29. The van der Waals surface area contributed by atoms with Crippen molar-refractivity contribution in [3.63, 3.8) is 0 Å². The molecule has 1 nitrogen and oxygen atoms in total. The molecule has 2 aromatic rings. The zero-order chi connectivity index (χ0) is 17.6. The Kier molecular flexibility index (Phi) is 11.5. The molecule has 0 aromatic carbocycles. The highest BCUT2D eigenvalue weighted by atomic mass is 32.1. The fourth-order valence-electron chi connectivity index (χ4n) is 3.48. The van der Waals surface area contributed by atoms with Crippen molar-refractivity contribution in [2.24, 2.45) is 0 Å². The molecule has 2 aromatic heterocycles. The van der Waals surface area contributed by atoms with E-state index in [1.807, 2.05) is 11.3 Å². The van der Waals surface area contributed by atoms with Crippen molar-refractivity contribution >= 4 is 32.9 Å². The number of thiophene rings is 1. The van der Waals surface area contributed by atoms with Crippen molar-refractivity contribution in [1.82, 2.24) is 4.98 Å². The average Bonchev–Trinajstić information content (AvgIpc) is 3.20. The standard InChI is InChI=1S/C22H37NS2/c1-2-3-4-5-6-7-8-9-10-11-12-13-14-15-16-17-22-23-20-18-24-19-21(20)25-22/h18-19H,2-17H2,1H3. The van der Waals surface area contributed by atoms with E-state index in [9.17, 15) is 0 Å². The number of thiazole rings is 1. The van der Waals surface area contributed by atoms with Gasteiger partial charge in [0.05, 0.1) is 15.2 Å². The van der Waals surface area contributed by atoms with Gasteiger partial charge in [0.15, 0.2) is 0 Å². The first-order chi connectivity index (χ1) is 12.4. The van der Waals surface area contributed by atoms with E-state index in [1.54, 1.807) is 11.3 Å². The molecule has 0 amide bonds. The summed E-state index contributed by atoms with van der Waals surface area (Å²) >= 11 is 3.66. The molecular formula is C22H37NS2. The summed E-state index contributed by atoms with van der Waals surface area (Å²) in [5.41, 5.74) is 1.21. The van der Waals surface area contributed by atoms with E-state index in [1.165, 1.54) is 118 Å². The Morgan fingerprint density at radius 3 is 1.72 bits per heavy atom. The first-order valence-electron chi connectivity index (χ1n) is 10.7. The van der Waals surface area contributed by atoms with Gasteiger partial charge in [-0.1, -0.05) is 96.8 Å². The van der Waals surface area contributed by atoms with Crippen molar-refractivity contribution in [3.05, 3.63) is 15.8 Å². The van der Waals surface area contributed by atoms with E-state index in [0.717, 1.165) is 0 Å². The molecule has 0 fully saturated rings. The molecule has 0 saturated heterocycles. The predicted octanol–water partition coefficient (Wildman–Crippen LogP) is 8.77. The molecule has 0 aliphatic rings. The van der Waals surface area contributed by atoms with Crippen LogP contribution in [0.4, 0.5) is 0 Å². The Labute approximate surface area is 163 Å². The second-order valence-electron chi connectivity index (χ2n) is 7.43. The van der Waals surface area contributed by atoms with Gasteiger partial charge >= 0.3 is 0 Å². The largest absolute Gasteiger partial charge is 0.240 e. The topological polar surface area (TPSA) is 12.9 Å². The van der Waals surface area contributed by atoms with Gasteiger partial charge in [0.1, 0.15) is 0 Å². The van der Waals surface area contributed by atoms with Crippen LogP contribution in [-0.2, 0) is 6.42 Å². The predicted molar refractivity (Wildman–Crippen MR) is 116 cm³/mol. The van der Waals surface area contributed by atoms with Crippen LogP contribution in [-0.4, -0.2) is 4.98 Å². The number of nitrogens with zero attached hydrogens (tertiary/aromatic N) is 1. The highest BCUT2D eigenvalue weighted by Gasteiger charge is 2.03. The minimum Gasteiger partial charge on any atom is -0.240 e. The van der Waals surface area contributed by atoms with Crippen LogP contribution < -0.4 is 0 Å². The molecule has 0 radical (unpaired) electrons. The second-order valence-corrected chi connectivity index (χ2v) is 9.29. The zero-order valence-corrected chi connectivity index (χ0v) is 17.9. The molecule has 0 N–H and O–H groups in total. The molecule has 3 heteroatoms. The lowest BCUT2D eigenvalue weighted by molar-refractivity contribution is 0.532. The van der Waals surface area contributed by atoms with Gasteiger partial charge in [-0.15, -0.1) is 22.7 Å². The Balaban J connectivity index is 1.30. The maximum atomic E-state index is 4.71. The van der Waals surface area contributed by atoms with Gasteiger partial charge < -0.3 is 0 Å². The fraction of sp³-hybridized carbons (Fsp3) is 0.773. The molecule has 0 spiro atoms. The third-order valence-corrected chi connectivity index (χ3v) is 7.03. The summed E-state index contributed by atoms with van der Waals surface area (Å²) in [5, 5.41) is 5.73. The first kappa shape index (κ1) is 20.9. The van der Waals surface area contributed by atoms with E-state index in [-0.39, 0.29) is 0 Å². The molecule has 0 saturated carbocycles. The van der Waals surface area contributed by atoms with Gasteiger partial charge in [0, 0.05) is 10.8 Å². The van der Waals surface area contributed by atoms with Gasteiger partial charge in [0.25, 0.3) is 0 Å². The molecule has 0 atom stereocenters. The molecule has 142 valence electrons. The number of hydrogen-bond donors (Lipinski definition) is 0. The van der Waals surface area contributed by atoms with Crippen LogP contribution in [0.15, 0.2) is 10.8 Å². The normalized spacial score (nSPS) is 11.6. The van der Waals surface area contributed by atoms with Gasteiger partial charge in [-0.25, -0.2) is 4.98 Å². The Morgan fingerprint density at radius 2 is 1.20 bits per heavy atom. The third kappa shape index (κ3) is 9.19. The van der Waals surface area contributed by atoms with E-state index in [0.29, 0.717) is 0 Å². The molecule has 0 bridgehead atoms. The maximum Gasteiger partial charge on any atom is 0.0939 e. The molecule has 0 aliphatic carbocycles. The Morgan fingerprint density at radius 1 is 0.680 bits per heavy atom. The minimum absolute atomic E-state index is 1.18. The lowest BCUT2D eigenvalue weighted by Crippen LogP contribution is -1.86. The Bertz CT molecular complexity index is 514. The lowest BCUT2D eigenvalue weighted by atomic mass is 10.0. The van der Waals surface area contributed by atoms with Crippen LogP contribution in [0.1, 0.15) is 108 Å². The molecule has 0 aliphatic heterocycles. The van der Waals surface area contributed by atoms with Gasteiger partial charge in [-0.3, -0.25) is 0 Å². The third-order valence-electron chi connectivity index (χ3n) is 5.07. The minimum atomic E-state index is 1.18. The number of aryl methyl sites for hydroxylation is 1. The summed E-state index contributed by atoms with van der Waals surface area (Å²) in [7, 11) is 0. The smallest absolute Gasteiger partial charge is 0.0939 e. The van der Waals surface area contributed by atoms with E-state index in [4.69, 9.17) is 4.98 Å². The number of unbranched alkanes of at least 4 members (excludes halogenated alkanes) is 14. The SMILES string of the molecule is CCCCCCCCCCCCCCCCCc1nc2cscc2s1. The van der Waals surface area contributed by atoms with Crippen LogP contribution in [0.5, 0.6) is 0 Å². The number of aromatic nitrogens is 1. The van der Waals surface area contributed by atoms with E-state index in [2.05, 4.69) is 17.7 Å². The monoisotopic (exact) mass is 379 g/mol. The van der Waals surface area contributed by atoms with Crippen molar-refractivity contribution < 1.29 is 0 Å². The van der Waals surface area contributed by atoms with Crippen molar-refractivity contribution in [1.29, 1.82) is 0 Å². The quantitative estimate of drug-likeness (QED) is 0.265. The molecular weight excluding hydrogens is 342 g/mol. The number of fused-ring (bicyclic) bond motifs is 1. The first-order valence-corrected chi connectivity index (χ1v) is 12.5. The van der Waals surface area contributed by atoms with Crippen LogP contribution in [0.2, 0.25) is 0 Å². The molecule has 0 unspecified atom stereocenters. The van der Waals surface area contributed by atoms with E-state index < -0.39 is 0 Å². The van der Waals surface area contributed by atoms with Gasteiger partial charge in [0.2, 0.25) is 0 Å². The van der Waals surface area contributed by atoms with Gasteiger partial charge in [-0.05, 0) is 12.8 Å². The Hall–Kier alpha value is -0.410. The summed E-state index contributed by atoms with van der Waals surface area (Å²) in [5.74, 6) is 0. The van der Waals surface area contributed by atoms with Crippen molar-refractivity contribution in [2.45, 2.75) is 110 Å². The highest BCUT2D eigenvalue weighted by Crippen LogP contribution is 2.26. The summed E-state index contributed by atoms with van der Waals surface area (Å²) in [6, 6.07) is 0. The molecule has 25 heavy (non-hydrogen) atoms. The highest BCUT2D eigenvalue weighted by molar-refractivity contribution is 7.22. The summed E-state index contributed by atoms with van der Waals surface area (Å²) in [6.07, 6.45) is 22.7. The zero-order valence-electron chi connectivity index (χ0n) is 16.2. The number of rotatable bonds is 16. The van der Waals surface area contributed by atoms with Crippen LogP contribution in [0.25, 0.3) is 10.2 Å². The van der Waals surface area contributed by atoms with Crippen LogP contribution >= 0.6 is 22.7 Å². The van der Waals surface area contributed by atoms with Gasteiger partial charge in [-0.2, -0.15) is 0 Å². The molecule has 2 heterocycles. The molecule has 2 rings (SSSR count). The van der Waals surface area contributed by atoms with Crippen LogP contribution in [0, 0.1) is 0 Å². The maximum absolute atomic E-state index is 4.71. The van der Waals surface area contributed by atoms with E-state index >= 15 is 0 Å². The second kappa shape index (κ2) is 13.7. The summed E-state index contributed by atoms with van der Waals surface area (Å²) < 4.78 is 1.38. The van der Waals surface area contributed by atoms with Crippen LogP contribution in [0.3, 0.4) is 0 Å².